The number of hydrogen-bond donors (Lipinski definition) is 2. The van der Waals surface area contributed by atoms with E-state index in [0.29, 0.717) is 13.2 Å². The number of hydrogen-bond acceptors (Lipinski definition) is 3. The van der Waals surface area contributed by atoms with Crippen molar-refractivity contribution in [3.05, 3.63) is 41.5 Å². The van der Waals surface area contributed by atoms with Crippen LogP contribution in [-0.2, 0) is 11.3 Å². The van der Waals surface area contributed by atoms with Gasteiger partial charge in [-0.05, 0) is 44.2 Å². The number of nitrogens with one attached hydrogen (secondary N) is 2. The summed E-state index contributed by atoms with van der Waals surface area (Å²) in [5.41, 5.74) is 2.13. The fraction of sp³-hybridized carbons (Fsp3) is 0.526. The SMILES string of the molecule is Cc1ccc(CNC(=O)NC2CC=CC2)c(OC[C@@H]2CCCO2)c1. The molecule has 5 nitrogen and oxygen atoms in total. The second-order valence-corrected chi connectivity index (χ2v) is 6.52. The van der Waals surface area contributed by atoms with Gasteiger partial charge in [0.25, 0.3) is 0 Å². The molecule has 0 unspecified atom stereocenters. The molecule has 1 aliphatic heterocycles. The highest BCUT2D eigenvalue weighted by Crippen LogP contribution is 2.22. The van der Waals surface area contributed by atoms with E-state index in [-0.39, 0.29) is 18.2 Å². The van der Waals surface area contributed by atoms with Crippen molar-refractivity contribution in [3.8, 4) is 5.75 Å². The molecular formula is C19H26N2O3. The van der Waals surface area contributed by atoms with E-state index < -0.39 is 0 Å². The summed E-state index contributed by atoms with van der Waals surface area (Å²) >= 11 is 0. The zero-order chi connectivity index (χ0) is 16.8. The fourth-order valence-corrected chi connectivity index (χ4v) is 3.05. The minimum atomic E-state index is -0.130. The van der Waals surface area contributed by atoms with Gasteiger partial charge in [0.15, 0.2) is 0 Å². The molecule has 0 saturated carbocycles. The molecule has 0 radical (unpaired) electrons. The predicted octanol–water partition coefficient (Wildman–Crippen LogP) is 3.07. The van der Waals surface area contributed by atoms with Gasteiger partial charge in [0, 0.05) is 24.8 Å². The van der Waals surface area contributed by atoms with Gasteiger partial charge in [0.2, 0.25) is 0 Å². The van der Waals surface area contributed by atoms with Crippen LogP contribution >= 0.6 is 0 Å². The Bertz CT molecular complexity index is 586. The fourth-order valence-electron chi connectivity index (χ4n) is 3.05. The number of carbonyl (C=O) groups is 1. The van der Waals surface area contributed by atoms with Gasteiger partial charge in [-0.15, -0.1) is 0 Å². The molecule has 0 bridgehead atoms. The van der Waals surface area contributed by atoms with Gasteiger partial charge >= 0.3 is 6.03 Å². The molecule has 1 heterocycles. The van der Waals surface area contributed by atoms with Crippen molar-refractivity contribution in [1.82, 2.24) is 10.6 Å². The highest BCUT2D eigenvalue weighted by molar-refractivity contribution is 5.74. The molecule has 2 aliphatic rings. The monoisotopic (exact) mass is 330 g/mol. The van der Waals surface area contributed by atoms with Gasteiger partial charge in [0.05, 0.1) is 6.10 Å². The van der Waals surface area contributed by atoms with E-state index in [9.17, 15) is 4.79 Å². The van der Waals surface area contributed by atoms with Crippen LogP contribution in [0.5, 0.6) is 5.75 Å². The Labute approximate surface area is 143 Å². The molecule has 1 aromatic rings. The lowest BCUT2D eigenvalue weighted by molar-refractivity contribution is 0.0676. The van der Waals surface area contributed by atoms with E-state index in [1.165, 1.54) is 0 Å². The third-order valence-electron chi connectivity index (χ3n) is 4.45. The minimum Gasteiger partial charge on any atom is -0.491 e. The zero-order valence-electron chi connectivity index (χ0n) is 14.2. The van der Waals surface area contributed by atoms with Crippen LogP contribution in [0.4, 0.5) is 4.79 Å². The van der Waals surface area contributed by atoms with Gasteiger partial charge in [-0.2, -0.15) is 0 Å². The van der Waals surface area contributed by atoms with Crippen LogP contribution in [-0.4, -0.2) is 31.4 Å². The summed E-state index contributed by atoms with van der Waals surface area (Å²) < 4.78 is 11.6. The van der Waals surface area contributed by atoms with Crippen LogP contribution in [0.1, 0.15) is 36.8 Å². The van der Waals surface area contributed by atoms with Gasteiger partial charge in [0.1, 0.15) is 12.4 Å². The summed E-state index contributed by atoms with van der Waals surface area (Å²) in [6.45, 7) is 3.88. The summed E-state index contributed by atoms with van der Waals surface area (Å²) in [7, 11) is 0. The first kappa shape index (κ1) is 16.8. The Balaban J connectivity index is 1.52. The summed E-state index contributed by atoms with van der Waals surface area (Å²) in [6, 6.07) is 6.16. The van der Waals surface area contributed by atoms with Crippen molar-refractivity contribution in [2.24, 2.45) is 0 Å². The quantitative estimate of drug-likeness (QED) is 0.788. The summed E-state index contributed by atoms with van der Waals surface area (Å²) in [4.78, 5) is 12.0. The number of amides is 2. The number of ether oxygens (including phenoxy) is 2. The van der Waals surface area contributed by atoms with Gasteiger partial charge < -0.3 is 20.1 Å². The molecule has 1 aromatic carbocycles. The van der Waals surface area contributed by atoms with Crippen LogP contribution in [0.3, 0.4) is 0 Å². The summed E-state index contributed by atoms with van der Waals surface area (Å²) in [6.07, 6.45) is 8.36. The van der Waals surface area contributed by atoms with Crippen molar-refractivity contribution < 1.29 is 14.3 Å². The molecule has 1 aliphatic carbocycles. The van der Waals surface area contributed by atoms with Gasteiger partial charge in [-0.1, -0.05) is 24.3 Å². The van der Waals surface area contributed by atoms with Gasteiger partial charge in [-0.25, -0.2) is 4.79 Å². The van der Waals surface area contributed by atoms with Crippen molar-refractivity contribution in [3.63, 3.8) is 0 Å². The second-order valence-electron chi connectivity index (χ2n) is 6.52. The molecule has 24 heavy (non-hydrogen) atoms. The third kappa shape index (κ3) is 4.74. The van der Waals surface area contributed by atoms with E-state index in [1.54, 1.807) is 0 Å². The summed E-state index contributed by atoms with van der Waals surface area (Å²) in [5, 5.41) is 5.91. The van der Waals surface area contributed by atoms with E-state index in [1.807, 2.05) is 25.1 Å². The first-order valence-corrected chi connectivity index (χ1v) is 8.74. The van der Waals surface area contributed by atoms with Crippen molar-refractivity contribution >= 4 is 6.03 Å². The Morgan fingerprint density at radius 3 is 2.92 bits per heavy atom. The standard InChI is InChI=1S/C19H26N2O3/c1-14-8-9-15(12-20-19(22)21-16-5-2-3-6-16)18(11-14)24-13-17-7-4-10-23-17/h2-3,8-9,11,16-17H,4-7,10,12-13H2,1H3,(H2,20,21,22)/t17-/m0/s1. The zero-order valence-corrected chi connectivity index (χ0v) is 14.2. The van der Waals surface area contributed by atoms with Crippen molar-refractivity contribution in [2.45, 2.75) is 51.3 Å². The maximum absolute atomic E-state index is 12.0. The Morgan fingerprint density at radius 1 is 1.33 bits per heavy atom. The first-order valence-electron chi connectivity index (χ1n) is 8.74. The van der Waals surface area contributed by atoms with Crippen LogP contribution in [0.2, 0.25) is 0 Å². The van der Waals surface area contributed by atoms with Gasteiger partial charge in [-0.3, -0.25) is 0 Å². The topological polar surface area (TPSA) is 59.6 Å². The minimum absolute atomic E-state index is 0.130. The molecule has 3 rings (SSSR count). The lowest BCUT2D eigenvalue weighted by Gasteiger charge is -2.17. The molecule has 1 saturated heterocycles. The predicted molar refractivity (Wildman–Crippen MR) is 93.2 cm³/mol. The van der Waals surface area contributed by atoms with Crippen LogP contribution in [0.15, 0.2) is 30.4 Å². The van der Waals surface area contributed by atoms with E-state index in [2.05, 4.69) is 22.8 Å². The van der Waals surface area contributed by atoms with E-state index in [0.717, 1.165) is 49.2 Å². The number of rotatable bonds is 6. The van der Waals surface area contributed by atoms with Crippen molar-refractivity contribution in [1.29, 1.82) is 0 Å². The smallest absolute Gasteiger partial charge is 0.315 e. The molecule has 5 heteroatoms. The maximum Gasteiger partial charge on any atom is 0.315 e. The first-order chi connectivity index (χ1) is 11.7. The largest absolute Gasteiger partial charge is 0.491 e. The Hall–Kier alpha value is -2.01. The average Bonchev–Trinajstić information content (AvgIpc) is 3.25. The lowest BCUT2D eigenvalue weighted by atomic mass is 10.1. The van der Waals surface area contributed by atoms with Crippen LogP contribution in [0.25, 0.3) is 0 Å². The molecular weight excluding hydrogens is 304 g/mol. The Kier molecular flexibility index (Phi) is 5.75. The Morgan fingerprint density at radius 2 is 2.17 bits per heavy atom. The molecule has 130 valence electrons. The molecule has 0 spiro atoms. The number of urea groups is 1. The van der Waals surface area contributed by atoms with Crippen LogP contribution in [0, 0.1) is 6.92 Å². The normalized spacial score (nSPS) is 20.3. The molecule has 1 atom stereocenters. The maximum atomic E-state index is 12.0. The van der Waals surface area contributed by atoms with Crippen molar-refractivity contribution in [2.75, 3.05) is 13.2 Å². The summed E-state index contributed by atoms with van der Waals surface area (Å²) in [5.74, 6) is 0.827. The van der Waals surface area contributed by atoms with E-state index >= 15 is 0 Å². The molecule has 2 amide bonds. The molecule has 2 N–H and O–H groups in total. The number of benzene rings is 1. The van der Waals surface area contributed by atoms with E-state index in [4.69, 9.17) is 9.47 Å². The highest BCUT2D eigenvalue weighted by Gasteiger charge is 2.17. The number of aryl methyl sites for hydroxylation is 1. The highest BCUT2D eigenvalue weighted by atomic mass is 16.5. The third-order valence-corrected chi connectivity index (χ3v) is 4.45. The molecule has 0 aromatic heterocycles. The average molecular weight is 330 g/mol. The lowest BCUT2D eigenvalue weighted by Crippen LogP contribution is -2.40. The number of carbonyl (C=O) groups excluding carboxylic acids is 1. The second kappa shape index (κ2) is 8.20. The van der Waals surface area contributed by atoms with Crippen LogP contribution < -0.4 is 15.4 Å². The molecule has 1 fully saturated rings.